The van der Waals surface area contributed by atoms with Gasteiger partial charge in [0.2, 0.25) is 11.8 Å². The van der Waals surface area contributed by atoms with Crippen molar-refractivity contribution < 1.29 is 9.59 Å². The Morgan fingerprint density at radius 2 is 1.66 bits per heavy atom. The van der Waals surface area contributed by atoms with Crippen LogP contribution in [-0.4, -0.2) is 34.7 Å². The molecule has 4 rings (SSSR count). The first-order valence-electron chi connectivity index (χ1n) is 12.4. The Morgan fingerprint density at radius 3 is 2.31 bits per heavy atom. The van der Waals surface area contributed by atoms with E-state index in [1.165, 1.54) is 5.56 Å². The molecule has 2 N–H and O–H groups in total. The molecule has 0 spiro atoms. The number of piperidine rings is 1. The largest absolute Gasteiger partial charge is 0.355 e. The molecule has 0 radical (unpaired) electrons. The average molecular weight is 474 g/mol. The Kier molecular flexibility index (Phi) is 7.54. The number of nitrogens with one attached hydrogen (secondary N) is 2. The summed E-state index contributed by atoms with van der Waals surface area (Å²) in [5.74, 6) is 0.783. The second-order valence-corrected chi connectivity index (χ2v) is 9.58. The number of amides is 2. The van der Waals surface area contributed by atoms with E-state index in [1.54, 1.807) is 0 Å². The Balaban J connectivity index is 1.50. The lowest BCUT2D eigenvalue weighted by molar-refractivity contribution is -0.125. The lowest BCUT2D eigenvalue weighted by Gasteiger charge is -2.33. The molecule has 7 heteroatoms. The van der Waals surface area contributed by atoms with Crippen LogP contribution in [0.1, 0.15) is 43.5 Å². The van der Waals surface area contributed by atoms with Crippen molar-refractivity contribution in [3.05, 3.63) is 71.4 Å². The molecule has 2 aromatic carbocycles. The minimum Gasteiger partial charge on any atom is -0.355 e. The maximum atomic E-state index is 12.9. The van der Waals surface area contributed by atoms with E-state index in [0.717, 1.165) is 41.3 Å². The minimum absolute atomic E-state index is 0.0295. The summed E-state index contributed by atoms with van der Waals surface area (Å²) in [6.07, 6.45) is 1.49. The molecule has 1 saturated heterocycles. The van der Waals surface area contributed by atoms with Crippen LogP contribution in [0, 0.1) is 25.7 Å². The molecule has 1 aliphatic heterocycles. The zero-order chi connectivity index (χ0) is 24.9. The standard InChI is InChI=1S/C28H35N5O2/c1-19(2)26(34)30-25-21(4)31-33(24-12-6-5-7-13-24)28(25)32-16-14-22(15-17-32)27(35)29-18-23-11-9-8-10-20(23)3/h5-13,19,22H,14-18H2,1-4H3,(H,29,35)(H,30,34). The van der Waals surface area contributed by atoms with Gasteiger partial charge in [-0.25, -0.2) is 4.68 Å². The van der Waals surface area contributed by atoms with Crippen molar-refractivity contribution in [3.8, 4) is 5.69 Å². The molecule has 7 nitrogen and oxygen atoms in total. The lowest BCUT2D eigenvalue weighted by Crippen LogP contribution is -2.41. The van der Waals surface area contributed by atoms with Gasteiger partial charge < -0.3 is 15.5 Å². The smallest absolute Gasteiger partial charge is 0.227 e. The molecule has 0 unspecified atom stereocenters. The zero-order valence-corrected chi connectivity index (χ0v) is 21.0. The predicted molar refractivity (Wildman–Crippen MR) is 140 cm³/mol. The van der Waals surface area contributed by atoms with Crippen LogP contribution in [0.5, 0.6) is 0 Å². The fraction of sp³-hybridized carbons (Fsp3) is 0.393. The van der Waals surface area contributed by atoms with E-state index in [9.17, 15) is 9.59 Å². The molecule has 184 valence electrons. The molecule has 1 aromatic heterocycles. The van der Waals surface area contributed by atoms with Gasteiger partial charge in [0.05, 0.1) is 11.4 Å². The van der Waals surface area contributed by atoms with E-state index in [-0.39, 0.29) is 23.7 Å². The highest BCUT2D eigenvalue weighted by Gasteiger charge is 2.30. The van der Waals surface area contributed by atoms with Crippen LogP contribution in [0.3, 0.4) is 0 Å². The van der Waals surface area contributed by atoms with Crippen LogP contribution in [0.4, 0.5) is 11.5 Å². The SMILES string of the molecule is Cc1ccccc1CNC(=O)C1CCN(c2c(NC(=O)C(C)C)c(C)nn2-c2ccccc2)CC1. The number of benzene rings is 2. The van der Waals surface area contributed by atoms with E-state index in [2.05, 4.69) is 34.6 Å². The summed E-state index contributed by atoms with van der Waals surface area (Å²) in [7, 11) is 0. The molecule has 3 aromatic rings. The number of carbonyl (C=O) groups excluding carboxylic acids is 2. The zero-order valence-electron chi connectivity index (χ0n) is 21.0. The van der Waals surface area contributed by atoms with Crippen LogP contribution in [0.25, 0.3) is 5.69 Å². The van der Waals surface area contributed by atoms with Gasteiger partial charge in [-0.3, -0.25) is 9.59 Å². The number of aromatic nitrogens is 2. The number of nitrogens with zero attached hydrogens (tertiary/aromatic N) is 3. The van der Waals surface area contributed by atoms with Crippen LogP contribution in [0.15, 0.2) is 54.6 Å². The van der Waals surface area contributed by atoms with Crippen molar-refractivity contribution in [1.29, 1.82) is 0 Å². The molecule has 2 heterocycles. The van der Waals surface area contributed by atoms with Crippen LogP contribution in [-0.2, 0) is 16.1 Å². The van der Waals surface area contributed by atoms with Crippen LogP contribution in [0.2, 0.25) is 0 Å². The fourth-order valence-corrected chi connectivity index (χ4v) is 4.46. The van der Waals surface area contributed by atoms with E-state index >= 15 is 0 Å². The van der Waals surface area contributed by atoms with Crippen molar-refractivity contribution in [3.63, 3.8) is 0 Å². The number of para-hydroxylation sites is 1. The Bertz CT molecular complexity index is 1180. The van der Waals surface area contributed by atoms with Crippen molar-refractivity contribution in [2.24, 2.45) is 11.8 Å². The minimum atomic E-state index is -0.134. The van der Waals surface area contributed by atoms with E-state index in [4.69, 9.17) is 5.10 Å². The first-order valence-corrected chi connectivity index (χ1v) is 12.4. The van der Waals surface area contributed by atoms with Gasteiger partial charge in [-0.15, -0.1) is 0 Å². The number of anilines is 2. The van der Waals surface area contributed by atoms with Crippen molar-refractivity contribution in [1.82, 2.24) is 15.1 Å². The third-order valence-corrected chi connectivity index (χ3v) is 6.69. The van der Waals surface area contributed by atoms with Crippen molar-refractivity contribution in [2.75, 3.05) is 23.3 Å². The topological polar surface area (TPSA) is 79.3 Å². The van der Waals surface area contributed by atoms with Crippen LogP contribution >= 0.6 is 0 Å². The first kappa shape index (κ1) is 24.5. The average Bonchev–Trinajstić information content (AvgIpc) is 3.19. The highest BCUT2D eigenvalue weighted by Crippen LogP contribution is 2.35. The van der Waals surface area contributed by atoms with Gasteiger partial charge in [0.1, 0.15) is 5.69 Å². The van der Waals surface area contributed by atoms with Gasteiger partial charge in [0, 0.05) is 31.5 Å². The molecule has 35 heavy (non-hydrogen) atoms. The maximum Gasteiger partial charge on any atom is 0.227 e. The summed E-state index contributed by atoms with van der Waals surface area (Å²) in [6, 6.07) is 18.1. The van der Waals surface area contributed by atoms with Gasteiger partial charge in [-0.05, 0) is 49.9 Å². The number of hydrogen-bond acceptors (Lipinski definition) is 4. The molecule has 1 aliphatic rings. The second kappa shape index (κ2) is 10.8. The third-order valence-electron chi connectivity index (χ3n) is 6.69. The summed E-state index contributed by atoms with van der Waals surface area (Å²) >= 11 is 0. The molecule has 1 fully saturated rings. The fourth-order valence-electron chi connectivity index (χ4n) is 4.46. The van der Waals surface area contributed by atoms with Crippen molar-refractivity contribution in [2.45, 2.75) is 47.1 Å². The quantitative estimate of drug-likeness (QED) is 0.525. The van der Waals surface area contributed by atoms with Crippen LogP contribution < -0.4 is 15.5 Å². The van der Waals surface area contributed by atoms with Gasteiger partial charge in [0.25, 0.3) is 0 Å². The molecular weight excluding hydrogens is 438 g/mol. The highest BCUT2D eigenvalue weighted by molar-refractivity contribution is 5.96. The van der Waals surface area contributed by atoms with Crippen molar-refractivity contribution >= 4 is 23.3 Å². The highest BCUT2D eigenvalue weighted by atomic mass is 16.2. The summed E-state index contributed by atoms with van der Waals surface area (Å²) in [5.41, 5.74) is 4.79. The van der Waals surface area contributed by atoms with Gasteiger partial charge in [-0.2, -0.15) is 5.10 Å². The summed E-state index contributed by atoms with van der Waals surface area (Å²) in [4.78, 5) is 27.7. The Morgan fingerprint density at radius 1 is 1.00 bits per heavy atom. The predicted octanol–water partition coefficient (Wildman–Crippen LogP) is 4.62. The Hall–Kier alpha value is -3.61. The van der Waals surface area contributed by atoms with Gasteiger partial charge in [-0.1, -0.05) is 56.3 Å². The van der Waals surface area contributed by atoms with E-state index < -0.39 is 0 Å². The normalized spacial score (nSPS) is 14.3. The molecule has 2 amide bonds. The monoisotopic (exact) mass is 473 g/mol. The summed E-state index contributed by atoms with van der Waals surface area (Å²) in [5, 5.41) is 11.0. The molecule has 0 saturated carbocycles. The van der Waals surface area contributed by atoms with E-state index in [1.807, 2.05) is 67.9 Å². The first-order chi connectivity index (χ1) is 16.8. The van der Waals surface area contributed by atoms with Gasteiger partial charge in [0.15, 0.2) is 5.82 Å². The van der Waals surface area contributed by atoms with E-state index in [0.29, 0.717) is 19.6 Å². The van der Waals surface area contributed by atoms with Gasteiger partial charge >= 0.3 is 0 Å². The molecule has 0 bridgehead atoms. The lowest BCUT2D eigenvalue weighted by atomic mass is 9.95. The molecule has 0 atom stereocenters. The number of aryl methyl sites for hydroxylation is 2. The Labute approximate surface area is 207 Å². The maximum absolute atomic E-state index is 12.9. The molecular formula is C28H35N5O2. The number of rotatable bonds is 7. The third kappa shape index (κ3) is 5.56. The summed E-state index contributed by atoms with van der Waals surface area (Å²) in [6.45, 7) is 9.73. The number of carbonyl (C=O) groups is 2. The summed E-state index contributed by atoms with van der Waals surface area (Å²) < 4.78 is 1.91. The molecule has 0 aliphatic carbocycles. The number of hydrogen-bond donors (Lipinski definition) is 2. The second-order valence-electron chi connectivity index (χ2n) is 9.58.